The summed E-state index contributed by atoms with van der Waals surface area (Å²) in [5.41, 5.74) is 0.900. The van der Waals surface area contributed by atoms with Crippen molar-refractivity contribution in [2.45, 2.75) is 26.8 Å². The minimum absolute atomic E-state index is 0.260. The van der Waals surface area contributed by atoms with Gasteiger partial charge < -0.3 is 4.74 Å². The average molecular weight is 264 g/mol. The molecule has 0 N–H and O–H groups in total. The van der Waals surface area contributed by atoms with Crippen molar-refractivity contribution in [2.24, 2.45) is 5.92 Å². The monoisotopic (exact) mass is 264 g/mol. The van der Waals surface area contributed by atoms with Gasteiger partial charge in [0, 0.05) is 26.1 Å². The average Bonchev–Trinajstić information content (AvgIpc) is 2.35. The Balaban J connectivity index is 2.72. The molecule has 1 aromatic rings. The van der Waals surface area contributed by atoms with E-state index < -0.39 is 0 Å². The zero-order chi connectivity index (χ0) is 14.3. The highest BCUT2D eigenvalue weighted by molar-refractivity contribution is 5.29. The molecule has 104 valence electrons. The third kappa shape index (κ3) is 5.27. The zero-order valence-corrected chi connectivity index (χ0v) is 11.8. The van der Waals surface area contributed by atoms with E-state index in [9.17, 15) is 4.39 Å². The first-order valence-corrected chi connectivity index (χ1v) is 6.48. The third-order valence-corrected chi connectivity index (χ3v) is 2.79. The molecule has 0 unspecified atom stereocenters. The van der Waals surface area contributed by atoms with E-state index in [2.05, 4.69) is 24.8 Å². The first kappa shape index (κ1) is 15.5. The van der Waals surface area contributed by atoms with Crippen LogP contribution in [0.2, 0.25) is 0 Å². The SMILES string of the molecule is COc1ccc(CN(CCC#N)CC(C)C)cc1F. The Hall–Kier alpha value is -1.60. The molecule has 0 heterocycles. The van der Waals surface area contributed by atoms with Gasteiger partial charge >= 0.3 is 0 Å². The second kappa shape index (κ2) is 7.75. The van der Waals surface area contributed by atoms with Crippen LogP contribution in [0.1, 0.15) is 25.8 Å². The van der Waals surface area contributed by atoms with Crippen LogP contribution in [0.3, 0.4) is 0 Å². The van der Waals surface area contributed by atoms with Crippen LogP contribution in [-0.4, -0.2) is 25.1 Å². The summed E-state index contributed by atoms with van der Waals surface area (Å²) in [6, 6.07) is 7.15. The number of hydrogen-bond donors (Lipinski definition) is 0. The largest absolute Gasteiger partial charge is 0.494 e. The van der Waals surface area contributed by atoms with Crippen LogP contribution in [0.15, 0.2) is 18.2 Å². The second-order valence-electron chi connectivity index (χ2n) is 5.01. The molecule has 0 atom stereocenters. The van der Waals surface area contributed by atoms with Crippen LogP contribution in [0.25, 0.3) is 0 Å². The zero-order valence-electron chi connectivity index (χ0n) is 11.8. The maximum atomic E-state index is 13.6. The Bertz CT molecular complexity index is 440. The lowest BCUT2D eigenvalue weighted by Crippen LogP contribution is -2.28. The van der Waals surface area contributed by atoms with E-state index in [4.69, 9.17) is 10.00 Å². The van der Waals surface area contributed by atoms with Gasteiger partial charge in [0.25, 0.3) is 0 Å². The Labute approximate surface area is 114 Å². The minimum atomic E-state index is -0.343. The first-order chi connectivity index (χ1) is 9.06. The Morgan fingerprint density at radius 2 is 2.16 bits per heavy atom. The predicted molar refractivity (Wildman–Crippen MR) is 73.3 cm³/mol. The number of benzene rings is 1. The molecule has 0 aliphatic heterocycles. The van der Waals surface area contributed by atoms with Gasteiger partial charge in [0.2, 0.25) is 0 Å². The van der Waals surface area contributed by atoms with Gasteiger partial charge in [-0.1, -0.05) is 19.9 Å². The van der Waals surface area contributed by atoms with Crippen molar-refractivity contribution in [3.05, 3.63) is 29.6 Å². The summed E-state index contributed by atoms with van der Waals surface area (Å²) in [6.45, 7) is 6.53. The Morgan fingerprint density at radius 1 is 1.42 bits per heavy atom. The predicted octanol–water partition coefficient (Wildman–Crippen LogP) is 3.21. The van der Waals surface area contributed by atoms with Gasteiger partial charge in [-0.05, 0) is 23.6 Å². The van der Waals surface area contributed by atoms with Gasteiger partial charge in [0.1, 0.15) is 0 Å². The summed E-state index contributed by atoms with van der Waals surface area (Å²) in [4.78, 5) is 2.18. The molecular weight excluding hydrogens is 243 g/mol. The van der Waals surface area contributed by atoms with E-state index in [1.165, 1.54) is 13.2 Å². The number of ether oxygens (including phenoxy) is 1. The topological polar surface area (TPSA) is 36.3 Å². The molecule has 19 heavy (non-hydrogen) atoms. The molecular formula is C15H21FN2O. The number of nitrogens with zero attached hydrogens (tertiary/aromatic N) is 2. The normalized spacial score (nSPS) is 10.8. The molecule has 0 saturated heterocycles. The molecule has 0 aromatic heterocycles. The van der Waals surface area contributed by atoms with Crippen LogP contribution in [-0.2, 0) is 6.54 Å². The van der Waals surface area contributed by atoms with E-state index in [1.54, 1.807) is 6.07 Å². The van der Waals surface area contributed by atoms with Crippen molar-refractivity contribution >= 4 is 0 Å². The third-order valence-electron chi connectivity index (χ3n) is 2.79. The lowest BCUT2D eigenvalue weighted by Gasteiger charge is -2.23. The van der Waals surface area contributed by atoms with Crippen molar-refractivity contribution in [3.63, 3.8) is 0 Å². The van der Waals surface area contributed by atoms with Gasteiger partial charge in [0.15, 0.2) is 11.6 Å². The summed E-state index contributed by atoms with van der Waals surface area (Å²) in [6.07, 6.45) is 0.491. The number of nitriles is 1. The Morgan fingerprint density at radius 3 is 2.68 bits per heavy atom. The van der Waals surface area contributed by atoms with Crippen molar-refractivity contribution < 1.29 is 9.13 Å². The van der Waals surface area contributed by atoms with Gasteiger partial charge in [-0.2, -0.15) is 5.26 Å². The summed E-state index contributed by atoms with van der Waals surface area (Å²) < 4.78 is 18.5. The fourth-order valence-electron chi connectivity index (χ4n) is 2.03. The van der Waals surface area contributed by atoms with E-state index in [0.717, 1.165) is 12.1 Å². The molecule has 0 aliphatic rings. The summed E-state index contributed by atoms with van der Waals surface area (Å²) >= 11 is 0. The standard InChI is InChI=1S/C15H21FN2O/c1-12(2)10-18(8-4-7-17)11-13-5-6-15(19-3)14(16)9-13/h5-6,9,12H,4,8,10-11H2,1-3H3. The van der Waals surface area contributed by atoms with Gasteiger partial charge in [0.05, 0.1) is 13.2 Å². The fourth-order valence-corrected chi connectivity index (χ4v) is 2.03. The maximum Gasteiger partial charge on any atom is 0.165 e. The lowest BCUT2D eigenvalue weighted by molar-refractivity contribution is 0.241. The number of methoxy groups -OCH3 is 1. The number of rotatable bonds is 7. The van der Waals surface area contributed by atoms with E-state index in [-0.39, 0.29) is 11.6 Å². The molecule has 3 nitrogen and oxygen atoms in total. The summed E-state index contributed by atoms with van der Waals surface area (Å²) in [5, 5.41) is 8.67. The highest BCUT2D eigenvalue weighted by Crippen LogP contribution is 2.19. The smallest absolute Gasteiger partial charge is 0.165 e. The highest BCUT2D eigenvalue weighted by atomic mass is 19.1. The summed E-state index contributed by atoms with van der Waals surface area (Å²) in [7, 11) is 1.45. The first-order valence-electron chi connectivity index (χ1n) is 6.48. The fraction of sp³-hybridized carbons (Fsp3) is 0.533. The molecule has 0 fully saturated rings. The molecule has 0 aliphatic carbocycles. The maximum absolute atomic E-state index is 13.6. The molecule has 0 bridgehead atoms. The van der Waals surface area contributed by atoms with Gasteiger partial charge in [-0.25, -0.2) is 4.39 Å². The van der Waals surface area contributed by atoms with Crippen molar-refractivity contribution in [1.82, 2.24) is 4.90 Å². The quantitative estimate of drug-likeness (QED) is 0.758. The van der Waals surface area contributed by atoms with Crippen LogP contribution in [0, 0.1) is 23.1 Å². The van der Waals surface area contributed by atoms with E-state index >= 15 is 0 Å². The molecule has 0 saturated carbocycles. The number of halogens is 1. The van der Waals surface area contributed by atoms with Crippen molar-refractivity contribution in [2.75, 3.05) is 20.2 Å². The molecule has 0 radical (unpaired) electrons. The van der Waals surface area contributed by atoms with Crippen LogP contribution < -0.4 is 4.74 Å². The van der Waals surface area contributed by atoms with Crippen molar-refractivity contribution in [3.8, 4) is 11.8 Å². The molecule has 1 aromatic carbocycles. The van der Waals surface area contributed by atoms with E-state index in [0.29, 0.717) is 25.4 Å². The minimum Gasteiger partial charge on any atom is -0.494 e. The second-order valence-corrected chi connectivity index (χ2v) is 5.01. The Kier molecular flexibility index (Phi) is 6.31. The van der Waals surface area contributed by atoms with Crippen LogP contribution in [0.4, 0.5) is 4.39 Å². The molecule has 0 spiro atoms. The van der Waals surface area contributed by atoms with Crippen molar-refractivity contribution in [1.29, 1.82) is 5.26 Å². The van der Waals surface area contributed by atoms with Crippen LogP contribution >= 0.6 is 0 Å². The lowest BCUT2D eigenvalue weighted by atomic mass is 10.1. The molecule has 1 rings (SSSR count). The van der Waals surface area contributed by atoms with Crippen LogP contribution in [0.5, 0.6) is 5.75 Å². The summed E-state index contributed by atoms with van der Waals surface area (Å²) in [5.74, 6) is 0.433. The van der Waals surface area contributed by atoms with Gasteiger partial charge in [-0.15, -0.1) is 0 Å². The van der Waals surface area contributed by atoms with Gasteiger partial charge in [-0.3, -0.25) is 4.90 Å². The number of hydrogen-bond acceptors (Lipinski definition) is 3. The van der Waals surface area contributed by atoms with E-state index in [1.807, 2.05) is 6.07 Å². The highest BCUT2D eigenvalue weighted by Gasteiger charge is 2.10. The molecule has 0 amide bonds. The molecule has 4 heteroatoms.